The molecule has 0 radical (unpaired) electrons. The van der Waals surface area contributed by atoms with Gasteiger partial charge >= 0.3 is 0 Å². The number of aromatic nitrogens is 3. The van der Waals surface area contributed by atoms with Crippen molar-refractivity contribution in [3.63, 3.8) is 0 Å². The van der Waals surface area contributed by atoms with E-state index in [2.05, 4.69) is 22.7 Å². The van der Waals surface area contributed by atoms with E-state index >= 15 is 0 Å². The van der Waals surface area contributed by atoms with Gasteiger partial charge in [-0.2, -0.15) is 10.4 Å². The van der Waals surface area contributed by atoms with Crippen LogP contribution in [0.25, 0.3) is 17.2 Å². The molecular formula is C14H15N5. The summed E-state index contributed by atoms with van der Waals surface area (Å²) in [5, 5.41) is 13.0. The number of nitrogens with zero attached hydrogens (tertiary/aromatic N) is 4. The van der Waals surface area contributed by atoms with Crippen molar-refractivity contribution in [3.05, 3.63) is 36.8 Å². The van der Waals surface area contributed by atoms with Crippen molar-refractivity contribution in [1.82, 2.24) is 14.8 Å². The second kappa shape index (κ2) is 5.36. The first-order valence-corrected chi connectivity index (χ1v) is 5.95. The number of nitrogen functional groups attached to an aromatic ring is 1. The van der Waals surface area contributed by atoms with Crippen LogP contribution >= 0.6 is 0 Å². The molecule has 5 heteroatoms. The minimum absolute atomic E-state index is 0.0464. The van der Waals surface area contributed by atoms with Crippen LogP contribution in [0.2, 0.25) is 0 Å². The average Bonchev–Trinajstić information content (AvgIpc) is 2.88. The van der Waals surface area contributed by atoms with E-state index in [0.29, 0.717) is 12.2 Å². The van der Waals surface area contributed by atoms with E-state index in [1.54, 1.807) is 23.2 Å². The molecule has 0 aliphatic rings. The summed E-state index contributed by atoms with van der Waals surface area (Å²) in [5.74, 6) is 0.449. The number of anilines is 1. The fraction of sp³-hybridized carbons (Fsp3) is 0.214. The maximum Gasteiger partial charge on any atom is 0.131 e. The molecule has 2 N–H and O–H groups in total. The maximum absolute atomic E-state index is 8.71. The highest BCUT2D eigenvalue weighted by atomic mass is 15.3. The van der Waals surface area contributed by atoms with Crippen molar-refractivity contribution in [2.75, 3.05) is 5.73 Å². The summed E-state index contributed by atoms with van der Waals surface area (Å²) in [6.07, 6.45) is 7.44. The largest absolute Gasteiger partial charge is 0.383 e. The van der Waals surface area contributed by atoms with Gasteiger partial charge in [-0.3, -0.25) is 4.68 Å². The standard InChI is InChI=1S/C14H15N5/c1-3-12-13(5-7-17-14(12)16)11-8-18-19(9-11)10(2)4-6-15/h3,5,7-10H,1,4H2,2H3,(H2,16,17). The quantitative estimate of drug-likeness (QED) is 0.908. The van der Waals surface area contributed by atoms with Gasteiger partial charge in [-0.1, -0.05) is 12.7 Å². The van der Waals surface area contributed by atoms with Crippen LogP contribution in [-0.4, -0.2) is 14.8 Å². The summed E-state index contributed by atoms with van der Waals surface area (Å²) in [5.41, 5.74) is 8.51. The smallest absolute Gasteiger partial charge is 0.131 e. The van der Waals surface area contributed by atoms with E-state index in [9.17, 15) is 0 Å². The Bertz CT molecular complexity index is 636. The fourth-order valence-corrected chi connectivity index (χ4v) is 1.90. The molecule has 0 saturated carbocycles. The first-order chi connectivity index (χ1) is 9.17. The van der Waals surface area contributed by atoms with E-state index in [1.165, 1.54) is 0 Å². The van der Waals surface area contributed by atoms with Gasteiger partial charge in [0.1, 0.15) is 5.82 Å². The van der Waals surface area contributed by atoms with Gasteiger partial charge in [0.2, 0.25) is 0 Å². The van der Waals surface area contributed by atoms with Crippen molar-refractivity contribution in [2.24, 2.45) is 0 Å². The summed E-state index contributed by atoms with van der Waals surface area (Å²) < 4.78 is 1.78. The van der Waals surface area contributed by atoms with Gasteiger partial charge < -0.3 is 5.73 Å². The highest BCUT2D eigenvalue weighted by Crippen LogP contribution is 2.27. The predicted molar refractivity (Wildman–Crippen MR) is 74.9 cm³/mol. The van der Waals surface area contributed by atoms with Gasteiger partial charge in [0.25, 0.3) is 0 Å². The van der Waals surface area contributed by atoms with E-state index in [0.717, 1.165) is 16.7 Å². The fourth-order valence-electron chi connectivity index (χ4n) is 1.90. The highest BCUT2D eigenvalue weighted by molar-refractivity contribution is 5.79. The first kappa shape index (κ1) is 12.8. The molecule has 2 aromatic rings. The van der Waals surface area contributed by atoms with Gasteiger partial charge in [-0.05, 0) is 18.6 Å². The second-order valence-electron chi connectivity index (χ2n) is 4.28. The van der Waals surface area contributed by atoms with E-state index in [4.69, 9.17) is 11.0 Å². The van der Waals surface area contributed by atoms with Gasteiger partial charge in [0.15, 0.2) is 0 Å². The molecule has 96 valence electrons. The Kier molecular flexibility index (Phi) is 3.62. The molecule has 1 unspecified atom stereocenters. The van der Waals surface area contributed by atoms with Crippen LogP contribution in [0.1, 0.15) is 24.9 Å². The normalized spacial score (nSPS) is 11.8. The second-order valence-corrected chi connectivity index (χ2v) is 4.28. The molecule has 2 heterocycles. The van der Waals surface area contributed by atoms with E-state index in [1.807, 2.05) is 19.2 Å². The molecule has 0 amide bonds. The third-order valence-corrected chi connectivity index (χ3v) is 2.98. The molecule has 0 aliphatic carbocycles. The zero-order chi connectivity index (χ0) is 13.8. The monoisotopic (exact) mass is 253 g/mol. The van der Waals surface area contributed by atoms with Crippen LogP contribution < -0.4 is 5.73 Å². The van der Waals surface area contributed by atoms with Gasteiger partial charge in [0.05, 0.1) is 24.7 Å². The predicted octanol–water partition coefficient (Wildman–Crippen LogP) is 2.64. The molecule has 0 spiro atoms. The van der Waals surface area contributed by atoms with Crippen LogP contribution in [0, 0.1) is 11.3 Å². The SMILES string of the molecule is C=Cc1c(-c2cnn(C(C)CC#N)c2)ccnc1N. The summed E-state index contributed by atoms with van der Waals surface area (Å²) >= 11 is 0. The Morgan fingerprint density at radius 1 is 1.63 bits per heavy atom. The number of rotatable bonds is 4. The number of hydrogen-bond acceptors (Lipinski definition) is 4. The molecule has 0 fully saturated rings. The van der Waals surface area contributed by atoms with Crippen LogP contribution in [0.3, 0.4) is 0 Å². The number of nitrogens with two attached hydrogens (primary N) is 1. The lowest BCUT2D eigenvalue weighted by atomic mass is 10.0. The molecule has 1 atom stereocenters. The van der Waals surface area contributed by atoms with Gasteiger partial charge in [0, 0.05) is 23.5 Å². The summed E-state index contributed by atoms with van der Waals surface area (Å²) in [4.78, 5) is 4.04. The van der Waals surface area contributed by atoms with Crippen molar-refractivity contribution in [2.45, 2.75) is 19.4 Å². The molecule has 0 aliphatic heterocycles. The Labute approximate surface area is 112 Å². The minimum atomic E-state index is 0.0464. The zero-order valence-corrected chi connectivity index (χ0v) is 10.7. The van der Waals surface area contributed by atoms with Crippen molar-refractivity contribution < 1.29 is 0 Å². The average molecular weight is 253 g/mol. The van der Waals surface area contributed by atoms with Crippen LogP contribution in [0.4, 0.5) is 5.82 Å². The summed E-state index contributed by atoms with van der Waals surface area (Å²) in [7, 11) is 0. The Morgan fingerprint density at radius 2 is 2.42 bits per heavy atom. The van der Waals surface area contributed by atoms with Crippen molar-refractivity contribution >= 4 is 11.9 Å². The summed E-state index contributed by atoms with van der Waals surface area (Å²) in [6, 6.07) is 4.06. The van der Waals surface area contributed by atoms with E-state index < -0.39 is 0 Å². The lowest BCUT2D eigenvalue weighted by molar-refractivity contribution is 0.500. The molecule has 0 bridgehead atoms. The molecule has 2 aromatic heterocycles. The minimum Gasteiger partial charge on any atom is -0.383 e. The Balaban J connectivity index is 2.41. The third kappa shape index (κ3) is 2.47. The van der Waals surface area contributed by atoms with E-state index in [-0.39, 0.29) is 6.04 Å². The van der Waals surface area contributed by atoms with Crippen LogP contribution in [0.5, 0.6) is 0 Å². The highest BCUT2D eigenvalue weighted by Gasteiger charge is 2.11. The Hall–Kier alpha value is -2.61. The topological polar surface area (TPSA) is 80.5 Å². The summed E-state index contributed by atoms with van der Waals surface area (Å²) in [6.45, 7) is 5.71. The van der Waals surface area contributed by atoms with Crippen molar-refractivity contribution in [3.8, 4) is 17.2 Å². The van der Waals surface area contributed by atoms with Gasteiger partial charge in [-0.25, -0.2) is 4.98 Å². The zero-order valence-electron chi connectivity index (χ0n) is 10.7. The third-order valence-electron chi connectivity index (χ3n) is 2.98. The first-order valence-electron chi connectivity index (χ1n) is 5.95. The molecule has 0 aromatic carbocycles. The van der Waals surface area contributed by atoms with Crippen LogP contribution in [0.15, 0.2) is 31.2 Å². The number of hydrogen-bond donors (Lipinski definition) is 1. The van der Waals surface area contributed by atoms with Crippen LogP contribution in [-0.2, 0) is 0 Å². The molecule has 19 heavy (non-hydrogen) atoms. The molecular weight excluding hydrogens is 238 g/mol. The Morgan fingerprint density at radius 3 is 3.11 bits per heavy atom. The van der Waals surface area contributed by atoms with Crippen molar-refractivity contribution in [1.29, 1.82) is 5.26 Å². The number of pyridine rings is 1. The molecule has 0 saturated heterocycles. The lowest BCUT2D eigenvalue weighted by Gasteiger charge is -2.07. The maximum atomic E-state index is 8.71. The van der Waals surface area contributed by atoms with Gasteiger partial charge in [-0.15, -0.1) is 0 Å². The molecule has 5 nitrogen and oxygen atoms in total. The lowest BCUT2D eigenvalue weighted by Crippen LogP contribution is -2.04. The number of nitriles is 1. The molecule has 2 rings (SSSR count).